The maximum Gasteiger partial charge on any atom is 0.331 e. The first-order valence-corrected chi connectivity index (χ1v) is 9.13. The molecule has 3 rings (SSSR count). The summed E-state index contributed by atoms with van der Waals surface area (Å²) in [6.45, 7) is 3.62. The molecule has 0 fully saturated rings. The van der Waals surface area contributed by atoms with E-state index >= 15 is 0 Å². The number of oxazole rings is 1. The Morgan fingerprint density at radius 3 is 2.64 bits per heavy atom. The summed E-state index contributed by atoms with van der Waals surface area (Å²) in [7, 11) is 0. The standard InChI is InChI=1S/C22H22N2O4/c1-3-16-8-10-17(11-9-16)15(2)23-20(25)14-27-22(26)13-12-21-24-18-6-4-5-7-19(18)28-21/h4-13,15H,3,14H2,1-2H3,(H,23,25)/b13-12+/t15-/m0/s1. The number of esters is 1. The van der Waals surface area contributed by atoms with Gasteiger partial charge in [-0.05, 0) is 36.6 Å². The highest BCUT2D eigenvalue weighted by Gasteiger charge is 2.11. The Labute approximate surface area is 163 Å². The van der Waals surface area contributed by atoms with Crippen LogP contribution in [0.4, 0.5) is 0 Å². The second-order valence-corrected chi connectivity index (χ2v) is 6.35. The van der Waals surface area contributed by atoms with Crippen molar-refractivity contribution in [1.29, 1.82) is 0 Å². The second kappa shape index (κ2) is 8.99. The molecule has 2 aromatic carbocycles. The normalized spacial score (nSPS) is 12.2. The number of hydrogen-bond acceptors (Lipinski definition) is 5. The van der Waals surface area contributed by atoms with Gasteiger partial charge in [0.2, 0.25) is 5.89 Å². The van der Waals surface area contributed by atoms with Gasteiger partial charge in [-0.25, -0.2) is 9.78 Å². The van der Waals surface area contributed by atoms with E-state index in [1.807, 2.05) is 49.4 Å². The molecular weight excluding hydrogens is 356 g/mol. The molecule has 6 heteroatoms. The van der Waals surface area contributed by atoms with Crippen molar-refractivity contribution in [3.63, 3.8) is 0 Å². The predicted octanol–water partition coefficient (Wildman–Crippen LogP) is 3.82. The van der Waals surface area contributed by atoms with Gasteiger partial charge in [-0.2, -0.15) is 0 Å². The van der Waals surface area contributed by atoms with Crippen molar-refractivity contribution in [2.24, 2.45) is 0 Å². The molecular formula is C22H22N2O4. The summed E-state index contributed by atoms with van der Waals surface area (Å²) in [6.07, 6.45) is 3.57. The molecule has 1 atom stereocenters. The Hall–Kier alpha value is -3.41. The maximum absolute atomic E-state index is 12.0. The van der Waals surface area contributed by atoms with Gasteiger partial charge in [0.15, 0.2) is 12.2 Å². The number of ether oxygens (including phenoxy) is 1. The number of aryl methyl sites for hydroxylation is 1. The number of amides is 1. The lowest BCUT2D eigenvalue weighted by Gasteiger charge is -2.14. The molecule has 6 nitrogen and oxygen atoms in total. The molecule has 1 N–H and O–H groups in total. The van der Waals surface area contributed by atoms with Crippen LogP contribution in [0.5, 0.6) is 0 Å². The van der Waals surface area contributed by atoms with Crippen LogP contribution in [0.25, 0.3) is 17.2 Å². The molecule has 0 saturated heterocycles. The van der Waals surface area contributed by atoms with E-state index in [0.29, 0.717) is 17.0 Å². The van der Waals surface area contributed by atoms with Crippen molar-refractivity contribution >= 4 is 29.1 Å². The van der Waals surface area contributed by atoms with Crippen LogP contribution in [0.15, 0.2) is 59.0 Å². The Morgan fingerprint density at radius 1 is 1.18 bits per heavy atom. The Bertz CT molecular complexity index is 956. The molecule has 1 amide bonds. The fourth-order valence-corrected chi connectivity index (χ4v) is 2.69. The average Bonchev–Trinajstić information content (AvgIpc) is 3.13. The number of hydrogen-bond donors (Lipinski definition) is 1. The number of para-hydroxylation sites is 2. The number of carbonyl (C=O) groups excluding carboxylic acids is 2. The van der Waals surface area contributed by atoms with Crippen LogP contribution in [0, 0.1) is 0 Å². The van der Waals surface area contributed by atoms with Gasteiger partial charge in [0.1, 0.15) is 5.52 Å². The lowest BCUT2D eigenvalue weighted by molar-refractivity contribution is -0.144. The minimum atomic E-state index is -0.641. The van der Waals surface area contributed by atoms with Gasteiger partial charge in [-0.1, -0.05) is 43.3 Å². The van der Waals surface area contributed by atoms with Crippen LogP contribution in [0.3, 0.4) is 0 Å². The fraction of sp³-hybridized carbons (Fsp3) is 0.227. The highest BCUT2D eigenvalue weighted by atomic mass is 16.5. The van der Waals surface area contributed by atoms with Crippen molar-refractivity contribution in [2.45, 2.75) is 26.3 Å². The zero-order valence-electron chi connectivity index (χ0n) is 15.8. The third-order valence-electron chi connectivity index (χ3n) is 4.28. The van der Waals surface area contributed by atoms with Gasteiger partial charge in [0, 0.05) is 12.2 Å². The zero-order valence-corrected chi connectivity index (χ0v) is 15.8. The SMILES string of the molecule is CCc1ccc([C@H](C)NC(=O)COC(=O)/C=C/c2nc3ccccc3o2)cc1. The number of benzene rings is 2. The van der Waals surface area contributed by atoms with E-state index < -0.39 is 5.97 Å². The number of aromatic nitrogens is 1. The monoisotopic (exact) mass is 378 g/mol. The molecule has 3 aromatic rings. The van der Waals surface area contributed by atoms with Crippen LogP contribution in [0.1, 0.15) is 36.9 Å². The fourth-order valence-electron chi connectivity index (χ4n) is 2.69. The van der Waals surface area contributed by atoms with Crippen LogP contribution in [0.2, 0.25) is 0 Å². The van der Waals surface area contributed by atoms with Gasteiger partial charge in [0.05, 0.1) is 6.04 Å². The first-order chi connectivity index (χ1) is 13.5. The molecule has 0 aliphatic carbocycles. The van der Waals surface area contributed by atoms with Crippen LogP contribution < -0.4 is 5.32 Å². The maximum atomic E-state index is 12.0. The topological polar surface area (TPSA) is 81.4 Å². The Morgan fingerprint density at radius 2 is 1.93 bits per heavy atom. The summed E-state index contributed by atoms with van der Waals surface area (Å²) in [5.41, 5.74) is 3.57. The number of carbonyl (C=O) groups is 2. The lowest BCUT2D eigenvalue weighted by Crippen LogP contribution is -2.30. The number of rotatable bonds is 7. The molecule has 0 spiro atoms. The van der Waals surface area contributed by atoms with Gasteiger partial charge >= 0.3 is 5.97 Å². The number of nitrogens with zero attached hydrogens (tertiary/aromatic N) is 1. The Balaban J connectivity index is 1.47. The smallest absolute Gasteiger partial charge is 0.331 e. The summed E-state index contributed by atoms with van der Waals surface area (Å²) in [4.78, 5) is 28.0. The molecule has 1 aromatic heterocycles. The summed E-state index contributed by atoms with van der Waals surface area (Å²) < 4.78 is 10.4. The summed E-state index contributed by atoms with van der Waals surface area (Å²) in [5, 5.41) is 2.81. The quantitative estimate of drug-likeness (QED) is 0.499. The number of nitrogens with one attached hydrogen (secondary N) is 1. The molecule has 0 aliphatic rings. The first kappa shape index (κ1) is 19.4. The average molecular weight is 378 g/mol. The molecule has 0 saturated carbocycles. The summed E-state index contributed by atoms with van der Waals surface area (Å²) >= 11 is 0. The van der Waals surface area contributed by atoms with Crippen molar-refractivity contribution in [1.82, 2.24) is 10.3 Å². The highest BCUT2D eigenvalue weighted by Crippen LogP contribution is 2.16. The summed E-state index contributed by atoms with van der Waals surface area (Å²) in [6, 6.07) is 15.2. The second-order valence-electron chi connectivity index (χ2n) is 6.35. The van der Waals surface area contributed by atoms with E-state index in [0.717, 1.165) is 12.0 Å². The molecule has 144 valence electrons. The van der Waals surface area contributed by atoms with E-state index in [2.05, 4.69) is 17.2 Å². The number of fused-ring (bicyclic) bond motifs is 1. The van der Waals surface area contributed by atoms with E-state index in [4.69, 9.17) is 9.15 Å². The van der Waals surface area contributed by atoms with Gasteiger partial charge in [0.25, 0.3) is 5.91 Å². The molecule has 1 heterocycles. The third-order valence-corrected chi connectivity index (χ3v) is 4.28. The predicted molar refractivity (Wildman–Crippen MR) is 106 cm³/mol. The van der Waals surface area contributed by atoms with Crippen molar-refractivity contribution in [2.75, 3.05) is 6.61 Å². The molecule has 0 aliphatic heterocycles. The van der Waals surface area contributed by atoms with Crippen LogP contribution in [-0.4, -0.2) is 23.5 Å². The van der Waals surface area contributed by atoms with E-state index in [1.54, 1.807) is 6.07 Å². The molecule has 0 bridgehead atoms. The third kappa shape index (κ3) is 5.07. The van der Waals surface area contributed by atoms with Crippen LogP contribution in [-0.2, 0) is 20.7 Å². The minimum absolute atomic E-state index is 0.174. The lowest BCUT2D eigenvalue weighted by atomic mass is 10.1. The van der Waals surface area contributed by atoms with Gasteiger partial charge in [-0.3, -0.25) is 4.79 Å². The van der Waals surface area contributed by atoms with Gasteiger partial charge < -0.3 is 14.5 Å². The van der Waals surface area contributed by atoms with Crippen molar-refractivity contribution in [3.8, 4) is 0 Å². The molecule has 28 heavy (non-hydrogen) atoms. The highest BCUT2D eigenvalue weighted by molar-refractivity contribution is 5.89. The minimum Gasteiger partial charge on any atom is -0.452 e. The van der Waals surface area contributed by atoms with E-state index in [-0.39, 0.29) is 18.6 Å². The Kier molecular flexibility index (Phi) is 6.22. The van der Waals surface area contributed by atoms with Crippen molar-refractivity contribution < 1.29 is 18.7 Å². The van der Waals surface area contributed by atoms with Crippen LogP contribution >= 0.6 is 0 Å². The zero-order chi connectivity index (χ0) is 19.9. The largest absolute Gasteiger partial charge is 0.452 e. The first-order valence-electron chi connectivity index (χ1n) is 9.13. The molecule has 0 unspecified atom stereocenters. The van der Waals surface area contributed by atoms with E-state index in [9.17, 15) is 9.59 Å². The van der Waals surface area contributed by atoms with Crippen molar-refractivity contribution in [3.05, 3.63) is 71.6 Å². The van der Waals surface area contributed by atoms with E-state index in [1.165, 1.54) is 17.7 Å². The van der Waals surface area contributed by atoms with Gasteiger partial charge in [-0.15, -0.1) is 0 Å². The molecule has 0 radical (unpaired) electrons. The summed E-state index contributed by atoms with van der Waals surface area (Å²) in [5.74, 6) is -0.709.